The average molecular weight is 448 g/mol. The van der Waals surface area contributed by atoms with Crippen molar-refractivity contribution in [2.45, 2.75) is 38.6 Å². The van der Waals surface area contributed by atoms with E-state index in [2.05, 4.69) is 41.2 Å². The normalized spacial score (nSPS) is 15.7. The van der Waals surface area contributed by atoms with E-state index in [1.54, 1.807) is 18.5 Å². The van der Waals surface area contributed by atoms with Crippen molar-refractivity contribution in [1.29, 1.82) is 0 Å². The van der Waals surface area contributed by atoms with Crippen LogP contribution in [0, 0.1) is 19.8 Å². The molecule has 2 heterocycles. The second-order valence-corrected chi connectivity index (χ2v) is 9.96. The number of piperidine rings is 1. The zero-order valence-electron chi connectivity index (χ0n) is 18.8. The number of para-hydroxylation sites is 1. The van der Waals surface area contributed by atoms with E-state index in [4.69, 9.17) is 0 Å². The van der Waals surface area contributed by atoms with Crippen LogP contribution in [0.5, 0.6) is 0 Å². The third-order valence-corrected chi connectivity index (χ3v) is 7.80. The molecule has 1 N–H and O–H groups in total. The first-order chi connectivity index (χ1) is 14.7. The number of nitrogens with one attached hydrogen (secondary N) is 1. The summed E-state index contributed by atoms with van der Waals surface area (Å²) in [6, 6.07) is 8.23. The molecule has 2 aromatic rings. The highest BCUT2D eigenvalue weighted by Gasteiger charge is 2.33. The lowest BCUT2D eigenvalue weighted by Crippen LogP contribution is -2.44. The molecule has 0 bridgehead atoms. The lowest BCUT2D eigenvalue weighted by Gasteiger charge is -2.30. The van der Waals surface area contributed by atoms with Gasteiger partial charge in [-0.25, -0.2) is 13.4 Å². The highest BCUT2D eigenvalue weighted by molar-refractivity contribution is 7.89. The van der Waals surface area contributed by atoms with E-state index in [-0.39, 0.29) is 16.9 Å². The van der Waals surface area contributed by atoms with Crippen LogP contribution in [0.3, 0.4) is 0 Å². The molecular formula is C22H33N5O3S. The number of hydrogen-bond donors (Lipinski definition) is 1. The fourth-order valence-corrected chi connectivity index (χ4v) is 5.46. The molecule has 1 aromatic heterocycles. The summed E-state index contributed by atoms with van der Waals surface area (Å²) < 4.78 is 28.8. The van der Waals surface area contributed by atoms with Crippen molar-refractivity contribution < 1.29 is 13.2 Å². The van der Waals surface area contributed by atoms with Crippen molar-refractivity contribution in [2.75, 3.05) is 37.6 Å². The summed E-state index contributed by atoms with van der Waals surface area (Å²) >= 11 is 0. The van der Waals surface area contributed by atoms with Gasteiger partial charge in [-0.3, -0.25) is 4.79 Å². The Balaban J connectivity index is 1.49. The van der Waals surface area contributed by atoms with Gasteiger partial charge in [0.1, 0.15) is 5.82 Å². The number of amides is 1. The second-order valence-electron chi connectivity index (χ2n) is 8.07. The molecule has 0 saturated carbocycles. The quantitative estimate of drug-likeness (QED) is 0.669. The molecule has 1 aromatic carbocycles. The van der Waals surface area contributed by atoms with Gasteiger partial charge in [-0.2, -0.15) is 4.31 Å². The van der Waals surface area contributed by atoms with Crippen molar-refractivity contribution in [3.63, 3.8) is 0 Å². The third kappa shape index (κ3) is 5.27. The summed E-state index contributed by atoms with van der Waals surface area (Å²) in [5, 5.41) is 3.11. The van der Waals surface area contributed by atoms with Gasteiger partial charge in [0.15, 0.2) is 5.03 Å². The first kappa shape index (κ1) is 23.3. The number of likely N-dealkylation sites (N-methyl/N-ethyl adjacent to an activating group) is 1. The molecule has 1 aliphatic rings. The number of nitrogens with zero attached hydrogens (tertiary/aromatic N) is 4. The molecule has 0 radical (unpaired) electrons. The summed E-state index contributed by atoms with van der Waals surface area (Å²) in [6.07, 6.45) is 2.58. The van der Waals surface area contributed by atoms with Gasteiger partial charge in [0.05, 0.1) is 0 Å². The van der Waals surface area contributed by atoms with E-state index in [1.807, 2.05) is 12.1 Å². The number of aromatic nitrogens is 2. The Hall–Kier alpha value is -2.39. The number of hydrogen-bond acceptors (Lipinski definition) is 5. The van der Waals surface area contributed by atoms with Crippen LogP contribution < -0.4 is 10.2 Å². The van der Waals surface area contributed by atoms with Crippen molar-refractivity contribution in [3.05, 3.63) is 41.9 Å². The predicted molar refractivity (Wildman–Crippen MR) is 122 cm³/mol. The molecule has 3 rings (SSSR count). The van der Waals surface area contributed by atoms with Gasteiger partial charge in [-0.15, -0.1) is 0 Å². The summed E-state index contributed by atoms with van der Waals surface area (Å²) in [6.45, 7) is 8.79. The van der Waals surface area contributed by atoms with Crippen molar-refractivity contribution in [3.8, 4) is 0 Å². The Labute approximate surface area is 185 Å². The molecule has 0 atom stereocenters. The number of carbonyl (C=O) groups is 1. The number of sulfonamides is 1. The number of anilines is 1. The molecule has 31 heavy (non-hydrogen) atoms. The van der Waals surface area contributed by atoms with Gasteiger partial charge in [0.25, 0.3) is 10.0 Å². The number of imidazole rings is 1. The van der Waals surface area contributed by atoms with Crippen molar-refractivity contribution >= 4 is 21.6 Å². The van der Waals surface area contributed by atoms with Crippen LogP contribution >= 0.6 is 0 Å². The molecule has 8 nitrogen and oxygen atoms in total. The maximum Gasteiger partial charge on any atom is 0.262 e. The molecule has 0 aliphatic carbocycles. The molecule has 1 fully saturated rings. The summed E-state index contributed by atoms with van der Waals surface area (Å²) in [4.78, 5) is 19.0. The average Bonchev–Trinajstić information content (AvgIpc) is 3.11. The number of rotatable bonds is 8. The van der Waals surface area contributed by atoms with Gasteiger partial charge >= 0.3 is 0 Å². The zero-order chi connectivity index (χ0) is 22.6. The Morgan fingerprint density at radius 2 is 1.90 bits per heavy atom. The molecule has 1 saturated heterocycles. The van der Waals surface area contributed by atoms with Gasteiger partial charge in [-0.05, 0) is 45.2 Å². The Bertz CT molecular complexity index is 990. The van der Waals surface area contributed by atoms with E-state index >= 15 is 0 Å². The third-order valence-electron chi connectivity index (χ3n) is 6.03. The fourth-order valence-electron chi connectivity index (χ4n) is 3.97. The van der Waals surface area contributed by atoms with Crippen LogP contribution in [-0.2, 0) is 21.9 Å². The lowest BCUT2D eigenvalue weighted by molar-refractivity contribution is -0.126. The molecule has 0 spiro atoms. The van der Waals surface area contributed by atoms with Gasteiger partial charge in [0, 0.05) is 57.6 Å². The smallest absolute Gasteiger partial charge is 0.262 e. The topological polar surface area (TPSA) is 87.5 Å². The SMILES string of the molecule is CCN(CCNC(=O)C1CCN(S(=O)(=O)c2cn(C)c(C)n2)CC1)c1ccccc1C. The minimum absolute atomic E-state index is 0.00608. The molecule has 1 amide bonds. The molecule has 170 valence electrons. The lowest BCUT2D eigenvalue weighted by atomic mass is 9.97. The van der Waals surface area contributed by atoms with E-state index < -0.39 is 10.0 Å². The molecule has 0 unspecified atom stereocenters. The minimum Gasteiger partial charge on any atom is -0.370 e. The highest BCUT2D eigenvalue weighted by Crippen LogP contribution is 2.24. The maximum atomic E-state index is 12.8. The monoisotopic (exact) mass is 447 g/mol. The summed E-state index contributed by atoms with van der Waals surface area (Å²) in [7, 11) is -1.84. The fraction of sp³-hybridized carbons (Fsp3) is 0.545. The van der Waals surface area contributed by atoms with E-state index in [9.17, 15) is 13.2 Å². The number of benzene rings is 1. The second kappa shape index (κ2) is 9.82. The summed E-state index contributed by atoms with van der Waals surface area (Å²) in [5.41, 5.74) is 2.40. The predicted octanol–water partition coefficient (Wildman–Crippen LogP) is 2.08. The minimum atomic E-state index is -3.62. The maximum absolute atomic E-state index is 12.8. The van der Waals surface area contributed by atoms with Crippen LogP contribution in [-0.4, -0.2) is 60.9 Å². The zero-order valence-corrected chi connectivity index (χ0v) is 19.7. The van der Waals surface area contributed by atoms with Crippen LogP contribution in [0.4, 0.5) is 5.69 Å². The van der Waals surface area contributed by atoms with Gasteiger partial charge < -0.3 is 14.8 Å². The summed E-state index contributed by atoms with van der Waals surface area (Å²) in [5.74, 6) is 0.497. The van der Waals surface area contributed by atoms with Crippen LogP contribution in [0.1, 0.15) is 31.2 Å². The van der Waals surface area contributed by atoms with Crippen LogP contribution in [0.15, 0.2) is 35.5 Å². The Morgan fingerprint density at radius 3 is 2.48 bits per heavy atom. The number of aryl methyl sites for hydroxylation is 3. The van der Waals surface area contributed by atoms with Crippen LogP contribution in [0.2, 0.25) is 0 Å². The Morgan fingerprint density at radius 1 is 1.23 bits per heavy atom. The van der Waals surface area contributed by atoms with E-state index in [0.29, 0.717) is 38.3 Å². The molecule has 9 heteroatoms. The standard InChI is InChI=1S/C22H33N5O3S/c1-5-26(20-9-7-6-8-17(20)2)15-12-23-22(28)19-10-13-27(14-11-19)31(29,30)21-16-25(4)18(3)24-21/h6-9,16,19H,5,10-15H2,1-4H3,(H,23,28). The van der Waals surface area contributed by atoms with E-state index in [1.165, 1.54) is 21.8 Å². The first-order valence-electron chi connectivity index (χ1n) is 10.8. The van der Waals surface area contributed by atoms with E-state index in [0.717, 1.165) is 13.1 Å². The largest absolute Gasteiger partial charge is 0.370 e. The highest BCUT2D eigenvalue weighted by atomic mass is 32.2. The van der Waals surface area contributed by atoms with Crippen LogP contribution in [0.25, 0.3) is 0 Å². The Kier molecular flexibility index (Phi) is 7.38. The molecule has 1 aliphatic heterocycles. The first-order valence-corrected chi connectivity index (χ1v) is 12.3. The molecular weight excluding hydrogens is 414 g/mol. The van der Waals surface area contributed by atoms with Crippen molar-refractivity contribution in [1.82, 2.24) is 19.2 Å². The van der Waals surface area contributed by atoms with Gasteiger partial charge in [-0.1, -0.05) is 18.2 Å². The van der Waals surface area contributed by atoms with Crippen molar-refractivity contribution in [2.24, 2.45) is 13.0 Å². The van der Waals surface area contributed by atoms with Gasteiger partial charge in [0.2, 0.25) is 5.91 Å². The number of carbonyl (C=O) groups excluding carboxylic acids is 1.